The van der Waals surface area contributed by atoms with Gasteiger partial charge in [0, 0.05) is 53.5 Å². The first-order chi connectivity index (χ1) is 17.4. The van der Waals surface area contributed by atoms with Gasteiger partial charge in [0.25, 0.3) is 0 Å². The van der Waals surface area contributed by atoms with Crippen molar-refractivity contribution in [2.75, 3.05) is 31.1 Å². The Hall–Kier alpha value is -3.06. The van der Waals surface area contributed by atoms with Gasteiger partial charge in [0.15, 0.2) is 0 Å². The van der Waals surface area contributed by atoms with Gasteiger partial charge in [-0.1, -0.05) is 24.8 Å². The second-order valence-electron chi connectivity index (χ2n) is 10.9. The van der Waals surface area contributed by atoms with Crippen LogP contribution in [0.1, 0.15) is 51.7 Å². The first-order valence-electron chi connectivity index (χ1n) is 12.9. The zero-order chi connectivity index (χ0) is 25.0. The zero-order valence-electron chi connectivity index (χ0n) is 21.4. The highest BCUT2D eigenvalue weighted by Crippen LogP contribution is 2.43. The number of likely N-dealkylation sites (tertiary alicyclic amines) is 1. The summed E-state index contributed by atoms with van der Waals surface area (Å²) >= 11 is 1.78. The molecule has 2 aromatic heterocycles. The van der Waals surface area contributed by atoms with Crippen LogP contribution in [-0.2, 0) is 17.6 Å². The van der Waals surface area contributed by atoms with Crippen LogP contribution in [0.25, 0.3) is 11.3 Å². The van der Waals surface area contributed by atoms with Crippen molar-refractivity contribution in [3.8, 4) is 11.3 Å². The molecular weight excluding hydrogens is 466 g/mol. The van der Waals surface area contributed by atoms with Crippen molar-refractivity contribution in [1.29, 1.82) is 0 Å². The first-order valence-corrected chi connectivity index (χ1v) is 13.8. The molecule has 2 saturated heterocycles. The average molecular weight is 500 g/mol. The van der Waals surface area contributed by atoms with Gasteiger partial charge in [-0.3, -0.25) is 4.79 Å². The van der Waals surface area contributed by atoms with Crippen molar-refractivity contribution < 1.29 is 4.79 Å². The minimum absolute atomic E-state index is 0.0331. The molecule has 1 aromatic carbocycles. The lowest BCUT2D eigenvalue weighted by molar-refractivity contribution is -0.136. The van der Waals surface area contributed by atoms with E-state index in [0.29, 0.717) is 5.92 Å². The molecule has 3 aromatic rings. The van der Waals surface area contributed by atoms with Crippen LogP contribution in [-0.4, -0.2) is 51.9 Å². The maximum absolute atomic E-state index is 12.0. The van der Waals surface area contributed by atoms with Crippen LogP contribution in [0.4, 0.5) is 5.95 Å². The van der Waals surface area contributed by atoms with Gasteiger partial charge < -0.3 is 9.80 Å². The number of amides is 1. The van der Waals surface area contributed by atoms with Gasteiger partial charge in [-0.2, -0.15) is 0 Å². The molecule has 0 bridgehead atoms. The molecule has 1 atom stereocenters. The predicted octanol–water partition coefficient (Wildman–Crippen LogP) is 5.02. The highest BCUT2D eigenvalue weighted by molar-refractivity contribution is 7.09. The number of fused-ring (bicyclic) bond motifs is 1. The summed E-state index contributed by atoms with van der Waals surface area (Å²) < 4.78 is 0. The van der Waals surface area contributed by atoms with Crippen LogP contribution in [0, 0.1) is 26.2 Å². The Labute approximate surface area is 217 Å². The fourth-order valence-corrected chi connectivity index (χ4v) is 7.25. The van der Waals surface area contributed by atoms with Crippen LogP contribution in [0.5, 0.6) is 0 Å². The summed E-state index contributed by atoms with van der Waals surface area (Å²) in [7, 11) is 0. The van der Waals surface area contributed by atoms with Gasteiger partial charge in [0.2, 0.25) is 11.9 Å². The summed E-state index contributed by atoms with van der Waals surface area (Å²) in [5.41, 5.74) is 10.7. The fourth-order valence-electron chi connectivity index (χ4n) is 6.31. The van der Waals surface area contributed by atoms with Crippen LogP contribution in [0.15, 0.2) is 36.4 Å². The Kier molecular flexibility index (Phi) is 5.71. The maximum Gasteiger partial charge on any atom is 0.245 e. The number of benzene rings is 1. The minimum Gasteiger partial charge on any atom is -0.340 e. The number of anilines is 1. The van der Waals surface area contributed by atoms with E-state index in [-0.39, 0.29) is 11.3 Å². The van der Waals surface area contributed by atoms with E-state index < -0.39 is 0 Å². The SMILES string of the molecule is C=CC(=O)N1CC2(CCN(c3nc4c(c(-c5cccc(C)c5C)n3)CC[C@@H](c3scnc3C)C4)C2)C1. The largest absolute Gasteiger partial charge is 0.340 e. The van der Waals surface area contributed by atoms with Crippen molar-refractivity contribution in [2.45, 2.75) is 52.4 Å². The number of aryl methyl sites for hydroxylation is 2. The van der Waals surface area contributed by atoms with E-state index in [1.807, 2.05) is 10.4 Å². The van der Waals surface area contributed by atoms with Crippen molar-refractivity contribution in [3.05, 3.63) is 69.3 Å². The number of carbonyl (C=O) groups excluding carboxylic acids is 1. The predicted molar refractivity (Wildman–Crippen MR) is 145 cm³/mol. The summed E-state index contributed by atoms with van der Waals surface area (Å²) in [4.78, 5) is 32.7. The average Bonchev–Trinajstić information content (AvgIpc) is 3.50. The molecule has 0 unspecified atom stereocenters. The fraction of sp³-hybridized carbons (Fsp3) is 0.448. The second-order valence-corrected chi connectivity index (χ2v) is 11.7. The number of nitrogens with zero attached hydrogens (tertiary/aromatic N) is 5. The Balaban J connectivity index is 1.37. The van der Waals surface area contributed by atoms with Crippen molar-refractivity contribution in [2.24, 2.45) is 5.41 Å². The Morgan fingerprint density at radius 1 is 1.19 bits per heavy atom. The number of rotatable bonds is 4. The van der Waals surface area contributed by atoms with Crippen molar-refractivity contribution in [3.63, 3.8) is 0 Å². The quantitative estimate of drug-likeness (QED) is 0.472. The van der Waals surface area contributed by atoms with Gasteiger partial charge in [-0.05, 0) is 63.7 Å². The van der Waals surface area contributed by atoms with Crippen LogP contribution >= 0.6 is 11.3 Å². The smallest absolute Gasteiger partial charge is 0.245 e. The summed E-state index contributed by atoms with van der Waals surface area (Å²) in [5, 5.41) is 0. The highest BCUT2D eigenvalue weighted by atomic mass is 32.1. The number of thiazole rings is 1. The van der Waals surface area contributed by atoms with Gasteiger partial charge in [0.1, 0.15) is 0 Å². The van der Waals surface area contributed by atoms with Gasteiger partial charge in [-0.25, -0.2) is 15.0 Å². The lowest BCUT2D eigenvalue weighted by Gasteiger charge is -2.47. The lowest BCUT2D eigenvalue weighted by Crippen LogP contribution is -2.59. The molecule has 0 saturated carbocycles. The lowest BCUT2D eigenvalue weighted by atomic mass is 9.79. The number of hydrogen-bond donors (Lipinski definition) is 0. The third-order valence-electron chi connectivity index (χ3n) is 8.54. The van der Waals surface area contributed by atoms with Crippen molar-refractivity contribution >= 4 is 23.2 Å². The summed E-state index contributed by atoms with van der Waals surface area (Å²) in [6.07, 6.45) is 5.52. The molecule has 6 nitrogen and oxygen atoms in total. The number of aromatic nitrogens is 3. The van der Waals surface area contributed by atoms with E-state index in [9.17, 15) is 4.79 Å². The molecule has 1 amide bonds. The molecule has 0 N–H and O–H groups in total. The molecule has 6 rings (SSSR count). The molecule has 1 spiro atoms. The topological polar surface area (TPSA) is 62.2 Å². The molecular formula is C29H33N5OS. The van der Waals surface area contributed by atoms with Crippen LogP contribution in [0.2, 0.25) is 0 Å². The molecule has 3 aliphatic rings. The normalized spacial score (nSPS) is 20.4. The van der Waals surface area contributed by atoms with Gasteiger partial charge in [0.05, 0.1) is 22.6 Å². The maximum atomic E-state index is 12.0. The summed E-state index contributed by atoms with van der Waals surface area (Å²) in [6.45, 7) is 13.6. The summed E-state index contributed by atoms with van der Waals surface area (Å²) in [5.74, 6) is 1.34. The van der Waals surface area contributed by atoms with Crippen LogP contribution < -0.4 is 4.90 Å². The third-order valence-corrected chi connectivity index (χ3v) is 9.63. The monoisotopic (exact) mass is 499 g/mol. The second kappa shape index (κ2) is 8.80. The molecule has 186 valence electrons. The molecule has 36 heavy (non-hydrogen) atoms. The van der Waals surface area contributed by atoms with E-state index in [0.717, 1.165) is 69.2 Å². The molecule has 1 aliphatic carbocycles. The Morgan fingerprint density at radius 3 is 2.78 bits per heavy atom. The van der Waals surface area contributed by atoms with E-state index >= 15 is 0 Å². The van der Waals surface area contributed by atoms with Crippen molar-refractivity contribution in [1.82, 2.24) is 19.9 Å². The van der Waals surface area contributed by atoms with E-state index in [2.05, 4.69) is 55.4 Å². The third kappa shape index (κ3) is 3.84. The van der Waals surface area contributed by atoms with Gasteiger partial charge >= 0.3 is 0 Å². The molecule has 0 radical (unpaired) electrons. The Bertz CT molecular complexity index is 1360. The molecule has 2 aliphatic heterocycles. The van der Waals surface area contributed by atoms with E-state index in [1.165, 1.54) is 38.9 Å². The zero-order valence-corrected chi connectivity index (χ0v) is 22.2. The van der Waals surface area contributed by atoms with E-state index in [4.69, 9.17) is 9.97 Å². The molecule has 2 fully saturated rings. The molecule has 4 heterocycles. The number of carbonyl (C=O) groups is 1. The highest BCUT2D eigenvalue weighted by Gasteiger charge is 2.49. The minimum atomic E-state index is 0.0331. The number of hydrogen-bond acceptors (Lipinski definition) is 6. The summed E-state index contributed by atoms with van der Waals surface area (Å²) in [6, 6.07) is 6.53. The Morgan fingerprint density at radius 2 is 2.03 bits per heavy atom. The van der Waals surface area contributed by atoms with E-state index in [1.54, 1.807) is 11.3 Å². The van der Waals surface area contributed by atoms with Crippen LogP contribution in [0.3, 0.4) is 0 Å². The standard InChI is InChI=1S/C29H33N5OS/c1-5-25(35)34-15-29(16-34)11-12-33(14-29)28-31-24-13-21(27-20(4)30-17-36-27)9-10-23(24)26(32-28)22-8-6-7-18(2)19(22)3/h5-8,17,21H,1,9-16H2,2-4H3/t21-/m1/s1. The van der Waals surface area contributed by atoms with Gasteiger partial charge in [-0.15, -0.1) is 11.3 Å². The first kappa shape index (κ1) is 23.3. The molecule has 7 heteroatoms.